The van der Waals surface area contributed by atoms with E-state index in [9.17, 15) is 9.59 Å². The van der Waals surface area contributed by atoms with Crippen molar-refractivity contribution in [2.75, 3.05) is 21.3 Å². The van der Waals surface area contributed by atoms with Crippen LogP contribution in [0.1, 0.15) is 21.5 Å². The lowest BCUT2D eigenvalue weighted by atomic mass is 10.1. The molecule has 0 saturated heterocycles. The number of carbonyl (C=O) groups is 2. The first-order valence-electron chi connectivity index (χ1n) is 7.81. The fourth-order valence-electron chi connectivity index (χ4n) is 2.17. The summed E-state index contributed by atoms with van der Waals surface area (Å²) >= 11 is 0. The minimum Gasteiger partial charge on any atom is -0.497 e. The first-order valence-corrected chi connectivity index (χ1v) is 7.81. The molecule has 0 bridgehead atoms. The number of methoxy groups -OCH3 is 3. The van der Waals surface area contributed by atoms with Gasteiger partial charge in [-0.15, -0.1) is 0 Å². The lowest BCUT2D eigenvalue weighted by Crippen LogP contribution is -2.03. The number of hydrogen-bond donors (Lipinski definition) is 0. The van der Waals surface area contributed by atoms with Crippen molar-refractivity contribution in [2.24, 2.45) is 0 Å². The van der Waals surface area contributed by atoms with E-state index >= 15 is 0 Å². The van der Waals surface area contributed by atoms with E-state index < -0.39 is 11.9 Å². The topological polar surface area (TPSA) is 71.1 Å². The van der Waals surface area contributed by atoms with Crippen LogP contribution < -0.4 is 9.47 Å². The van der Waals surface area contributed by atoms with Crippen LogP contribution in [0.5, 0.6) is 11.5 Å². The molecule has 2 aromatic rings. The Morgan fingerprint density at radius 3 is 2.31 bits per heavy atom. The fraction of sp³-hybridized carbons (Fsp3) is 0.200. The van der Waals surface area contributed by atoms with Crippen LogP contribution in [0.4, 0.5) is 0 Å². The van der Waals surface area contributed by atoms with Gasteiger partial charge in [0, 0.05) is 17.7 Å². The highest BCUT2D eigenvalue weighted by atomic mass is 16.5. The average Bonchev–Trinajstić information content (AvgIpc) is 2.70. The minimum absolute atomic E-state index is 0.102. The number of hydrogen-bond acceptors (Lipinski definition) is 6. The fourth-order valence-corrected chi connectivity index (χ4v) is 2.17. The zero-order valence-corrected chi connectivity index (χ0v) is 14.9. The van der Waals surface area contributed by atoms with Gasteiger partial charge < -0.3 is 18.9 Å². The van der Waals surface area contributed by atoms with Crippen molar-refractivity contribution in [3.63, 3.8) is 0 Å². The second kappa shape index (κ2) is 9.27. The van der Waals surface area contributed by atoms with Gasteiger partial charge in [0.1, 0.15) is 18.1 Å². The predicted molar refractivity (Wildman–Crippen MR) is 96.2 cm³/mol. The van der Waals surface area contributed by atoms with Gasteiger partial charge in [-0.1, -0.05) is 12.1 Å². The lowest BCUT2D eigenvalue weighted by molar-refractivity contribution is -0.138. The van der Waals surface area contributed by atoms with E-state index in [1.54, 1.807) is 62.8 Å². The van der Waals surface area contributed by atoms with Crippen LogP contribution >= 0.6 is 0 Å². The van der Waals surface area contributed by atoms with Gasteiger partial charge in [-0.3, -0.25) is 0 Å². The molecule has 0 radical (unpaired) electrons. The number of esters is 2. The van der Waals surface area contributed by atoms with Gasteiger partial charge in [-0.2, -0.15) is 0 Å². The predicted octanol–water partition coefficient (Wildman–Crippen LogP) is 3.25. The van der Waals surface area contributed by atoms with E-state index in [1.807, 2.05) is 0 Å². The molecule has 0 aliphatic rings. The monoisotopic (exact) mass is 356 g/mol. The van der Waals surface area contributed by atoms with Gasteiger partial charge in [-0.25, -0.2) is 9.59 Å². The third-order valence-corrected chi connectivity index (χ3v) is 3.60. The zero-order valence-electron chi connectivity index (χ0n) is 14.9. The van der Waals surface area contributed by atoms with Gasteiger partial charge in [0.25, 0.3) is 0 Å². The van der Waals surface area contributed by atoms with Crippen LogP contribution in [-0.2, 0) is 20.9 Å². The first kappa shape index (κ1) is 19.1. The first-order chi connectivity index (χ1) is 12.6. The molecule has 0 heterocycles. The molecule has 0 aliphatic heterocycles. The minimum atomic E-state index is -0.486. The van der Waals surface area contributed by atoms with Crippen LogP contribution in [-0.4, -0.2) is 33.3 Å². The van der Waals surface area contributed by atoms with Crippen LogP contribution in [0.3, 0.4) is 0 Å². The molecule has 0 N–H and O–H groups in total. The molecule has 2 rings (SSSR count). The molecular weight excluding hydrogens is 336 g/mol. The second-order valence-electron chi connectivity index (χ2n) is 5.24. The smallest absolute Gasteiger partial charge is 0.337 e. The summed E-state index contributed by atoms with van der Waals surface area (Å²) in [6, 6.07) is 11.9. The highest BCUT2D eigenvalue weighted by Crippen LogP contribution is 2.25. The molecule has 0 aliphatic carbocycles. The summed E-state index contributed by atoms with van der Waals surface area (Å²) < 4.78 is 20.2. The van der Waals surface area contributed by atoms with Crippen LogP contribution in [0.2, 0.25) is 0 Å². The summed E-state index contributed by atoms with van der Waals surface area (Å²) in [5.41, 5.74) is 1.93. The highest BCUT2D eigenvalue weighted by Gasteiger charge is 2.06. The van der Waals surface area contributed by atoms with Crippen molar-refractivity contribution in [3.8, 4) is 11.5 Å². The maximum atomic E-state index is 11.9. The molecule has 0 fully saturated rings. The molecular formula is C20H20O6. The van der Waals surface area contributed by atoms with E-state index in [0.717, 1.165) is 11.1 Å². The van der Waals surface area contributed by atoms with E-state index in [-0.39, 0.29) is 6.61 Å². The Morgan fingerprint density at radius 2 is 1.69 bits per heavy atom. The molecule has 0 spiro atoms. The summed E-state index contributed by atoms with van der Waals surface area (Å²) in [7, 11) is 4.43. The third kappa shape index (κ3) is 5.11. The number of benzene rings is 2. The van der Waals surface area contributed by atoms with E-state index in [4.69, 9.17) is 14.2 Å². The molecule has 2 aromatic carbocycles. The highest BCUT2D eigenvalue weighted by molar-refractivity contribution is 5.89. The summed E-state index contributed by atoms with van der Waals surface area (Å²) in [6.45, 7) is 0.102. The summed E-state index contributed by atoms with van der Waals surface area (Å²) in [4.78, 5) is 23.3. The van der Waals surface area contributed by atoms with Crippen molar-refractivity contribution < 1.29 is 28.5 Å². The Balaban J connectivity index is 1.94. The van der Waals surface area contributed by atoms with Crippen LogP contribution in [0.25, 0.3) is 6.08 Å². The number of ether oxygens (including phenoxy) is 4. The van der Waals surface area contributed by atoms with E-state index in [1.165, 1.54) is 13.2 Å². The van der Waals surface area contributed by atoms with Crippen molar-refractivity contribution in [1.29, 1.82) is 0 Å². The summed E-state index contributed by atoms with van der Waals surface area (Å²) in [5, 5.41) is 0. The zero-order chi connectivity index (χ0) is 18.9. The standard InChI is InChI=1S/C20H20O6/c1-23-17-10-8-15(18(12-17)24-2)9-11-19(21)26-13-14-4-6-16(7-5-14)20(22)25-3/h4-12H,13H2,1-3H3. The van der Waals surface area contributed by atoms with Gasteiger partial charge in [-0.05, 0) is 35.9 Å². The number of rotatable bonds is 7. The van der Waals surface area contributed by atoms with E-state index in [0.29, 0.717) is 17.1 Å². The van der Waals surface area contributed by atoms with Gasteiger partial charge in [0.05, 0.1) is 26.9 Å². The molecule has 26 heavy (non-hydrogen) atoms. The molecule has 136 valence electrons. The lowest BCUT2D eigenvalue weighted by Gasteiger charge is -2.07. The molecule has 0 atom stereocenters. The summed E-state index contributed by atoms with van der Waals surface area (Å²) in [6.07, 6.45) is 2.94. The molecule has 0 aromatic heterocycles. The van der Waals surface area contributed by atoms with Gasteiger partial charge in [0.15, 0.2) is 0 Å². The van der Waals surface area contributed by atoms with Crippen molar-refractivity contribution in [1.82, 2.24) is 0 Å². The van der Waals surface area contributed by atoms with Gasteiger partial charge in [0.2, 0.25) is 0 Å². The Labute approximate surface area is 151 Å². The Hall–Kier alpha value is -3.28. The number of carbonyl (C=O) groups excluding carboxylic acids is 2. The normalized spacial score (nSPS) is 10.4. The SMILES string of the molecule is COC(=O)c1ccc(COC(=O)C=Cc2ccc(OC)cc2OC)cc1. The largest absolute Gasteiger partial charge is 0.497 e. The molecule has 6 nitrogen and oxygen atoms in total. The Kier molecular flexibility index (Phi) is 6.79. The average molecular weight is 356 g/mol. The molecule has 0 unspecified atom stereocenters. The van der Waals surface area contributed by atoms with Gasteiger partial charge >= 0.3 is 11.9 Å². The van der Waals surface area contributed by atoms with Crippen molar-refractivity contribution in [2.45, 2.75) is 6.61 Å². The van der Waals surface area contributed by atoms with Crippen molar-refractivity contribution in [3.05, 3.63) is 65.2 Å². The maximum absolute atomic E-state index is 11.9. The molecule has 0 saturated carbocycles. The second-order valence-corrected chi connectivity index (χ2v) is 5.24. The van der Waals surface area contributed by atoms with Crippen LogP contribution in [0.15, 0.2) is 48.5 Å². The Bertz CT molecular complexity index is 792. The molecule has 6 heteroatoms. The third-order valence-electron chi connectivity index (χ3n) is 3.60. The Morgan fingerprint density at radius 1 is 0.962 bits per heavy atom. The van der Waals surface area contributed by atoms with Crippen molar-refractivity contribution >= 4 is 18.0 Å². The quantitative estimate of drug-likeness (QED) is 0.560. The summed E-state index contributed by atoms with van der Waals surface area (Å²) in [5.74, 6) is 0.355. The van der Waals surface area contributed by atoms with Crippen LogP contribution in [0, 0.1) is 0 Å². The molecule has 0 amide bonds. The van der Waals surface area contributed by atoms with E-state index in [2.05, 4.69) is 4.74 Å². The maximum Gasteiger partial charge on any atom is 0.337 e.